The summed E-state index contributed by atoms with van der Waals surface area (Å²) < 4.78 is 0. The minimum Gasteiger partial charge on any atom is -0.477 e. The Balaban J connectivity index is 2.05. The number of piperidine rings is 1. The van der Waals surface area contributed by atoms with E-state index in [1.165, 1.54) is 6.07 Å². The van der Waals surface area contributed by atoms with Gasteiger partial charge in [0.05, 0.1) is 4.92 Å². The molecule has 0 aliphatic carbocycles. The van der Waals surface area contributed by atoms with Crippen LogP contribution in [0.15, 0.2) is 12.3 Å². The van der Waals surface area contributed by atoms with E-state index >= 15 is 0 Å². The number of nitrogens with one attached hydrogen (secondary N) is 1. The van der Waals surface area contributed by atoms with Crippen LogP contribution in [0, 0.1) is 16.0 Å². The van der Waals surface area contributed by atoms with Crippen molar-refractivity contribution in [1.29, 1.82) is 0 Å². The molecule has 2 rings (SSSR count). The van der Waals surface area contributed by atoms with Crippen LogP contribution in [0.2, 0.25) is 0 Å². The third-order valence-corrected chi connectivity index (χ3v) is 3.60. The van der Waals surface area contributed by atoms with Gasteiger partial charge >= 0.3 is 11.7 Å². The Bertz CT molecular complexity index is 549. The SMILES string of the molecule is CN1CCCC(CNc2cc(C(=O)O)c([N+](=O)[O-])cn2)C1. The second-order valence-electron chi connectivity index (χ2n) is 5.30. The van der Waals surface area contributed by atoms with Crippen molar-refractivity contribution in [2.24, 2.45) is 5.92 Å². The molecule has 1 aromatic heterocycles. The van der Waals surface area contributed by atoms with Crippen LogP contribution in [0.25, 0.3) is 0 Å². The van der Waals surface area contributed by atoms with Crippen molar-refractivity contribution < 1.29 is 14.8 Å². The summed E-state index contributed by atoms with van der Waals surface area (Å²) in [6.07, 6.45) is 3.23. The molecule has 114 valence electrons. The highest BCUT2D eigenvalue weighted by atomic mass is 16.6. The molecule has 1 saturated heterocycles. The van der Waals surface area contributed by atoms with E-state index in [4.69, 9.17) is 5.11 Å². The maximum absolute atomic E-state index is 11.1. The summed E-state index contributed by atoms with van der Waals surface area (Å²) in [6.45, 7) is 2.75. The number of likely N-dealkylation sites (tertiary alicyclic amines) is 1. The fourth-order valence-electron chi connectivity index (χ4n) is 2.55. The van der Waals surface area contributed by atoms with Gasteiger partial charge in [-0.15, -0.1) is 0 Å². The number of pyridine rings is 1. The van der Waals surface area contributed by atoms with Crippen LogP contribution in [-0.4, -0.2) is 52.6 Å². The molecule has 1 aliphatic rings. The fraction of sp³-hybridized carbons (Fsp3) is 0.538. The third kappa shape index (κ3) is 3.88. The Labute approximate surface area is 121 Å². The van der Waals surface area contributed by atoms with Crippen LogP contribution in [0.3, 0.4) is 0 Å². The van der Waals surface area contributed by atoms with E-state index in [1.54, 1.807) is 0 Å². The van der Waals surface area contributed by atoms with Gasteiger partial charge in [-0.05, 0) is 32.4 Å². The lowest BCUT2D eigenvalue weighted by Crippen LogP contribution is -2.35. The number of carboxylic acids is 1. The van der Waals surface area contributed by atoms with Gasteiger partial charge in [0.25, 0.3) is 0 Å². The molecule has 1 aromatic rings. The smallest absolute Gasteiger partial charge is 0.342 e. The number of aromatic carboxylic acids is 1. The number of hydrogen-bond donors (Lipinski definition) is 2. The maximum Gasteiger partial charge on any atom is 0.342 e. The number of aromatic nitrogens is 1. The standard InChI is InChI=1S/C13H18N4O4/c1-16-4-2-3-9(8-16)6-14-12-5-10(13(18)19)11(7-15-12)17(20)21/h5,7,9H,2-4,6,8H2,1H3,(H,14,15)(H,18,19). The molecular weight excluding hydrogens is 276 g/mol. The van der Waals surface area contributed by atoms with Crippen molar-refractivity contribution in [3.8, 4) is 0 Å². The molecule has 1 atom stereocenters. The first kappa shape index (κ1) is 15.2. The van der Waals surface area contributed by atoms with Crippen LogP contribution >= 0.6 is 0 Å². The molecule has 8 nitrogen and oxygen atoms in total. The van der Waals surface area contributed by atoms with Gasteiger partial charge in [-0.3, -0.25) is 10.1 Å². The predicted molar refractivity (Wildman–Crippen MR) is 76.6 cm³/mol. The number of carboxylic acid groups (broad SMARTS) is 1. The first-order valence-electron chi connectivity index (χ1n) is 6.77. The van der Waals surface area contributed by atoms with Crippen molar-refractivity contribution in [2.75, 3.05) is 32.0 Å². The highest BCUT2D eigenvalue weighted by Gasteiger charge is 2.22. The predicted octanol–water partition coefficient (Wildman–Crippen LogP) is 1.44. The number of nitro groups is 1. The quantitative estimate of drug-likeness (QED) is 0.624. The molecule has 0 radical (unpaired) electrons. The zero-order valence-corrected chi connectivity index (χ0v) is 11.8. The van der Waals surface area contributed by atoms with Gasteiger partial charge in [-0.25, -0.2) is 9.78 Å². The lowest BCUT2D eigenvalue weighted by Gasteiger charge is -2.29. The summed E-state index contributed by atoms with van der Waals surface area (Å²) >= 11 is 0. The largest absolute Gasteiger partial charge is 0.477 e. The molecule has 0 aromatic carbocycles. The topological polar surface area (TPSA) is 109 Å². The molecular formula is C13H18N4O4. The average Bonchev–Trinajstić information content (AvgIpc) is 2.44. The van der Waals surface area contributed by atoms with Gasteiger partial charge in [-0.2, -0.15) is 0 Å². The first-order valence-corrected chi connectivity index (χ1v) is 6.77. The van der Waals surface area contributed by atoms with Gasteiger partial charge in [0.15, 0.2) is 0 Å². The van der Waals surface area contributed by atoms with E-state index in [2.05, 4.69) is 22.2 Å². The van der Waals surface area contributed by atoms with Crippen LogP contribution in [0.1, 0.15) is 23.2 Å². The molecule has 8 heteroatoms. The minimum atomic E-state index is -1.33. The zero-order valence-electron chi connectivity index (χ0n) is 11.8. The summed E-state index contributed by atoms with van der Waals surface area (Å²) in [4.78, 5) is 27.2. The van der Waals surface area contributed by atoms with Crippen LogP contribution in [0.5, 0.6) is 0 Å². The lowest BCUT2D eigenvalue weighted by atomic mass is 9.98. The average molecular weight is 294 g/mol. The van der Waals surface area contributed by atoms with E-state index in [1.807, 2.05) is 0 Å². The molecule has 0 spiro atoms. The molecule has 1 unspecified atom stereocenters. The van der Waals surface area contributed by atoms with Gasteiger partial charge in [0, 0.05) is 19.2 Å². The Morgan fingerprint density at radius 3 is 3.05 bits per heavy atom. The summed E-state index contributed by atoms with van der Waals surface area (Å²) in [5.41, 5.74) is -0.844. The van der Waals surface area contributed by atoms with E-state index in [-0.39, 0.29) is 5.56 Å². The monoisotopic (exact) mass is 294 g/mol. The molecule has 0 bridgehead atoms. The molecule has 0 amide bonds. The molecule has 0 saturated carbocycles. The Hall–Kier alpha value is -2.22. The number of nitrogens with zero attached hydrogens (tertiary/aromatic N) is 3. The lowest BCUT2D eigenvalue weighted by molar-refractivity contribution is -0.385. The molecule has 1 fully saturated rings. The summed E-state index contributed by atoms with van der Waals surface area (Å²) in [7, 11) is 2.07. The highest BCUT2D eigenvalue weighted by molar-refractivity contribution is 5.93. The van der Waals surface area contributed by atoms with E-state index in [0.717, 1.165) is 32.1 Å². The van der Waals surface area contributed by atoms with E-state index < -0.39 is 16.6 Å². The van der Waals surface area contributed by atoms with Gasteiger partial charge in [0.1, 0.15) is 17.6 Å². The Morgan fingerprint density at radius 1 is 1.67 bits per heavy atom. The second kappa shape index (κ2) is 6.49. The number of hydrogen-bond acceptors (Lipinski definition) is 6. The van der Waals surface area contributed by atoms with Gasteiger partial charge in [0.2, 0.25) is 0 Å². The Kier molecular flexibility index (Phi) is 4.69. The number of anilines is 1. The molecule has 21 heavy (non-hydrogen) atoms. The maximum atomic E-state index is 11.1. The van der Waals surface area contributed by atoms with Gasteiger partial charge in [-0.1, -0.05) is 0 Å². The first-order chi connectivity index (χ1) is 9.97. The fourth-order valence-corrected chi connectivity index (χ4v) is 2.55. The van der Waals surface area contributed by atoms with E-state index in [0.29, 0.717) is 18.3 Å². The van der Waals surface area contributed by atoms with Crippen LogP contribution in [0.4, 0.5) is 11.5 Å². The minimum absolute atomic E-state index is 0.349. The van der Waals surface area contributed by atoms with Crippen molar-refractivity contribution in [1.82, 2.24) is 9.88 Å². The summed E-state index contributed by atoms with van der Waals surface area (Å²) in [5, 5.41) is 22.9. The number of carbonyl (C=O) groups is 1. The highest BCUT2D eigenvalue weighted by Crippen LogP contribution is 2.21. The molecule has 2 N–H and O–H groups in total. The van der Waals surface area contributed by atoms with Crippen LogP contribution in [-0.2, 0) is 0 Å². The normalized spacial score (nSPS) is 19.2. The van der Waals surface area contributed by atoms with Gasteiger partial charge < -0.3 is 15.3 Å². The van der Waals surface area contributed by atoms with Crippen LogP contribution < -0.4 is 5.32 Å². The third-order valence-electron chi connectivity index (χ3n) is 3.60. The second-order valence-corrected chi connectivity index (χ2v) is 5.30. The summed E-state index contributed by atoms with van der Waals surface area (Å²) in [6, 6.07) is 1.22. The van der Waals surface area contributed by atoms with Crippen molar-refractivity contribution in [3.63, 3.8) is 0 Å². The van der Waals surface area contributed by atoms with E-state index in [9.17, 15) is 14.9 Å². The zero-order chi connectivity index (χ0) is 15.4. The van der Waals surface area contributed by atoms with Crippen molar-refractivity contribution in [2.45, 2.75) is 12.8 Å². The summed E-state index contributed by atoms with van der Waals surface area (Å²) in [5.74, 6) is -0.509. The van der Waals surface area contributed by atoms with Crippen molar-refractivity contribution >= 4 is 17.5 Å². The molecule has 2 heterocycles. The molecule has 1 aliphatic heterocycles. The Morgan fingerprint density at radius 2 is 2.43 bits per heavy atom. The van der Waals surface area contributed by atoms with Crippen molar-refractivity contribution in [3.05, 3.63) is 27.9 Å². The number of rotatable bonds is 5.